The summed E-state index contributed by atoms with van der Waals surface area (Å²) in [6, 6.07) is 8.37. The summed E-state index contributed by atoms with van der Waals surface area (Å²) in [7, 11) is 0. The van der Waals surface area contributed by atoms with Gasteiger partial charge in [0, 0.05) is 31.3 Å². The number of fused-ring (bicyclic) bond motifs is 1. The molecule has 1 fully saturated rings. The van der Waals surface area contributed by atoms with E-state index in [9.17, 15) is 4.79 Å². The second kappa shape index (κ2) is 10.4. The molecule has 0 bridgehead atoms. The minimum atomic E-state index is 0.140. The van der Waals surface area contributed by atoms with E-state index >= 15 is 0 Å². The molecule has 1 aromatic carbocycles. The molecule has 1 saturated carbocycles. The molecule has 2 N–H and O–H groups in total. The van der Waals surface area contributed by atoms with Gasteiger partial charge in [0.15, 0.2) is 0 Å². The van der Waals surface area contributed by atoms with Gasteiger partial charge in [-0.2, -0.15) is 0 Å². The summed E-state index contributed by atoms with van der Waals surface area (Å²) in [5, 5.41) is 18.2. The fraction of sp³-hybridized carbons (Fsp3) is 0.565. The third-order valence-corrected chi connectivity index (χ3v) is 6.26. The van der Waals surface area contributed by atoms with Gasteiger partial charge in [0.25, 0.3) is 0 Å². The fourth-order valence-corrected chi connectivity index (χ4v) is 4.53. The van der Waals surface area contributed by atoms with Crippen molar-refractivity contribution in [2.75, 3.05) is 5.32 Å². The van der Waals surface area contributed by atoms with Crippen LogP contribution in [0.3, 0.4) is 0 Å². The van der Waals surface area contributed by atoms with Crippen LogP contribution in [0.15, 0.2) is 30.5 Å². The van der Waals surface area contributed by atoms with Crippen molar-refractivity contribution in [3.05, 3.63) is 36.3 Å². The fourth-order valence-electron chi connectivity index (χ4n) is 4.53. The van der Waals surface area contributed by atoms with Crippen LogP contribution in [0.5, 0.6) is 0 Å². The first-order valence-electron chi connectivity index (χ1n) is 11.4. The van der Waals surface area contributed by atoms with Crippen molar-refractivity contribution in [3.8, 4) is 0 Å². The Balaban J connectivity index is 1.23. The molecule has 0 radical (unpaired) electrons. The minimum Gasteiger partial charge on any atom is -0.347 e. The summed E-state index contributed by atoms with van der Waals surface area (Å²) in [5.74, 6) is 1.76. The Bertz CT molecular complexity index is 926. The van der Waals surface area contributed by atoms with Crippen LogP contribution in [0, 0.1) is 5.92 Å². The van der Waals surface area contributed by atoms with Crippen molar-refractivity contribution in [3.63, 3.8) is 0 Å². The molecule has 0 spiro atoms. The van der Waals surface area contributed by atoms with Gasteiger partial charge in [-0.15, -0.1) is 5.10 Å². The number of benzene rings is 1. The zero-order valence-electron chi connectivity index (χ0n) is 17.6. The number of hydrogen-bond donors (Lipinski definition) is 2. The number of unbranched alkanes of at least 4 members (excludes halogenated alkanes) is 3. The van der Waals surface area contributed by atoms with E-state index in [-0.39, 0.29) is 5.91 Å². The summed E-state index contributed by atoms with van der Waals surface area (Å²) in [6.45, 7) is 0.993. The Morgan fingerprint density at radius 3 is 2.83 bits per heavy atom. The maximum Gasteiger partial charge on any atom is 0.224 e. The van der Waals surface area contributed by atoms with E-state index in [1.165, 1.54) is 49.4 Å². The van der Waals surface area contributed by atoms with Crippen molar-refractivity contribution in [1.82, 2.24) is 25.2 Å². The molecule has 1 amide bonds. The van der Waals surface area contributed by atoms with E-state index in [4.69, 9.17) is 0 Å². The lowest BCUT2D eigenvalue weighted by atomic mass is 10.0. The van der Waals surface area contributed by atoms with E-state index in [0.29, 0.717) is 6.42 Å². The molecule has 0 unspecified atom stereocenters. The number of anilines is 1. The second-order valence-electron chi connectivity index (χ2n) is 8.53. The van der Waals surface area contributed by atoms with Gasteiger partial charge in [0.05, 0.1) is 5.52 Å². The molecule has 0 aliphatic heterocycles. The predicted octanol–water partition coefficient (Wildman–Crippen LogP) is 4.87. The number of tetrazole rings is 1. The van der Waals surface area contributed by atoms with Crippen LogP contribution in [-0.2, 0) is 17.8 Å². The van der Waals surface area contributed by atoms with Crippen LogP contribution in [-0.4, -0.2) is 31.1 Å². The van der Waals surface area contributed by atoms with Crippen molar-refractivity contribution in [1.29, 1.82) is 0 Å². The first kappa shape index (κ1) is 20.6. The Hall–Kier alpha value is -2.70. The number of nitrogens with one attached hydrogen (secondary N) is 2. The molecule has 4 rings (SSSR count). The van der Waals surface area contributed by atoms with Gasteiger partial charge in [-0.05, 0) is 59.2 Å². The zero-order chi connectivity index (χ0) is 20.6. The van der Waals surface area contributed by atoms with Crippen molar-refractivity contribution in [2.45, 2.75) is 77.2 Å². The molecule has 2 heterocycles. The number of carbonyl (C=O) groups excluding carboxylic acids is 1. The topological polar surface area (TPSA) is 88.5 Å². The maximum atomic E-state index is 12.4. The number of hydrogen-bond acceptors (Lipinski definition) is 4. The number of H-pyrrole nitrogens is 1. The monoisotopic (exact) mass is 408 g/mol. The largest absolute Gasteiger partial charge is 0.347 e. The number of aromatic nitrogens is 5. The molecule has 2 aromatic heterocycles. The predicted molar refractivity (Wildman–Crippen MR) is 118 cm³/mol. The van der Waals surface area contributed by atoms with Gasteiger partial charge in [0.1, 0.15) is 5.82 Å². The number of carbonyl (C=O) groups is 1. The minimum absolute atomic E-state index is 0.140. The van der Waals surface area contributed by atoms with Gasteiger partial charge in [-0.25, -0.2) is 5.10 Å². The SMILES string of the molecule is O=C(CCC1CCCC1)Nc1ccc2ccn(CCCCCCc3nnn[nH]3)c2c1. The zero-order valence-corrected chi connectivity index (χ0v) is 17.6. The summed E-state index contributed by atoms with van der Waals surface area (Å²) in [6.07, 6.45) is 14.6. The van der Waals surface area contributed by atoms with Crippen molar-refractivity contribution >= 4 is 22.5 Å². The molecule has 0 atom stereocenters. The highest BCUT2D eigenvalue weighted by atomic mass is 16.1. The number of rotatable bonds is 11. The lowest BCUT2D eigenvalue weighted by Crippen LogP contribution is -2.12. The lowest BCUT2D eigenvalue weighted by Gasteiger charge is -2.10. The average Bonchev–Trinajstić information content (AvgIpc) is 3.51. The van der Waals surface area contributed by atoms with E-state index < -0.39 is 0 Å². The van der Waals surface area contributed by atoms with E-state index in [1.807, 2.05) is 6.07 Å². The smallest absolute Gasteiger partial charge is 0.224 e. The maximum absolute atomic E-state index is 12.4. The summed E-state index contributed by atoms with van der Waals surface area (Å²) < 4.78 is 2.30. The summed E-state index contributed by atoms with van der Waals surface area (Å²) in [5.41, 5.74) is 2.09. The van der Waals surface area contributed by atoms with Crippen LogP contribution < -0.4 is 5.32 Å². The van der Waals surface area contributed by atoms with Gasteiger partial charge in [-0.1, -0.05) is 44.6 Å². The van der Waals surface area contributed by atoms with E-state index in [1.54, 1.807) is 0 Å². The molecular formula is C23H32N6O. The quantitative estimate of drug-likeness (QED) is 0.443. The summed E-state index contributed by atoms with van der Waals surface area (Å²) >= 11 is 0. The molecule has 0 saturated heterocycles. The van der Waals surface area contributed by atoms with Crippen LogP contribution >= 0.6 is 0 Å². The highest BCUT2D eigenvalue weighted by Gasteiger charge is 2.16. The summed E-state index contributed by atoms with van der Waals surface area (Å²) in [4.78, 5) is 12.4. The van der Waals surface area contributed by atoms with E-state index in [0.717, 1.165) is 49.7 Å². The normalized spacial score (nSPS) is 14.5. The Kier molecular flexibility index (Phi) is 7.11. The van der Waals surface area contributed by atoms with Crippen LogP contribution in [0.25, 0.3) is 10.9 Å². The third-order valence-electron chi connectivity index (χ3n) is 6.26. The number of aryl methyl sites for hydroxylation is 2. The molecular weight excluding hydrogens is 376 g/mol. The average molecular weight is 409 g/mol. The van der Waals surface area contributed by atoms with Crippen LogP contribution in [0.4, 0.5) is 5.69 Å². The molecule has 1 aliphatic carbocycles. The first-order chi connectivity index (χ1) is 14.8. The highest BCUT2D eigenvalue weighted by Crippen LogP contribution is 2.29. The van der Waals surface area contributed by atoms with Gasteiger partial charge >= 0.3 is 0 Å². The molecule has 3 aromatic rings. The number of nitrogens with zero attached hydrogens (tertiary/aromatic N) is 4. The van der Waals surface area contributed by atoms with Crippen molar-refractivity contribution < 1.29 is 4.79 Å². The third kappa shape index (κ3) is 5.68. The highest BCUT2D eigenvalue weighted by molar-refractivity contribution is 5.93. The van der Waals surface area contributed by atoms with Crippen LogP contribution in [0.2, 0.25) is 0 Å². The molecule has 7 heteroatoms. The second-order valence-corrected chi connectivity index (χ2v) is 8.53. The molecule has 7 nitrogen and oxygen atoms in total. The molecule has 30 heavy (non-hydrogen) atoms. The first-order valence-corrected chi connectivity index (χ1v) is 11.4. The Labute approximate surface area is 177 Å². The number of amides is 1. The van der Waals surface area contributed by atoms with Gasteiger partial charge < -0.3 is 9.88 Å². The van der Waals surface area contributed by atoms with Crippen molar-refractivity contribution in [2.24, 2.45) is 5.92 Å². The van der Waals surface area contributed by atoms with Gasteiger partial charge in [0.2, 0.25) is 5.91 Å². The standard InChI is InChI=1S/C23H32N6O/c30-23(13-10-18-7-4-5-8-18)24-20-12-11-19-14-16-29(21(19)17-20)15-6-2-1-3-9-22-25-27-28-26-22/h11-12,14,16-18H,1-10,13,15H2,(H,24,30)(H,25,26,27,28). The Morgan fingerprint density at radius 2 is 2.00 bits per heavy atom. The lowest BCUT2D eigenvalue weighted by molar-refractivity contribution is -0.116. The van der Waals surface area contributed by atoms with Gasteiger partial charge in [-0.3, -0.25) is 4.79 Å². The van der Waals surface area contributed by atoms with Crippen LogP contribution in [0.1, 0.15) is 70.0 Å². The van der Waals surface area contributed by atoms with E-state index in [2.05, 4.69) is 54.9 Å². The molecule has 1 aliphatic rings. The molecule has 160 valence electrons. The number of aromatic amines is 1. The Morgan fingerprint density at radius 1 is 1.13 bits per heavy atom.